The molecule has 2 aliphatic rings. The van der Waals surface area contributed by atoms with Gasteiger partial charge in [0.15, 0.2) is 11.5 Å². The number of hydrogen-bond acceptors (Lipinski definition) is 6. The summed E-state index contributed by atoms with van der Waals surface area (Å²) in [6.07, 6.45) is 0.141. The van der Waals surface area contributed by atoms with E-state index in [0.29, 0.717) is 0 Å². The zero-order chi connectivity index (χ0) is 8.55. The largest absolute Gasteiger partial charge is 0.308 e. The monoisotopic (exact) mass is 165 g/mol. The van der Waals surface area contributed by atoms with Crippen molar-refractivity contribution in [1.82, 2.24) is 5.32 Å². The Kier molecular flexibility index (Phi) is 1.29. The molecule has 12 heavy (non-hydrogen) atoms. The molecule has 2 aliphatic heterocycles. The lowest BCUT2D eigenvalue weighted by Gasteiger charge is -2.12. The second-order valence-electron chi connectivity index (χ2n) is 2.13. The predicted molar refractivity (Wildman–Crippen MR) is 41.1 cm³/mol. The summed E-state index contributed by atoms with van der Waals surface area (Å²) in [5.41, 5.74) is 0.134. The lowest BCUT2D eigenvalue weighted by molar-refractivity contribution is -0.115. The van der Waals surface area contributed by atoms with Crippen LogP contribution in [0.25, 0.3) is 0 Å². The minimum Gasteiger partial charge on any atom is -0.308 e. The summed E-state index contributed by atoms with van der Waals surface area (Å²) in [4.78, 5) is 32.1. The maximum atomic E-state index is 11.0. The van der Waals surface area contributed by atoms with Gasteiger partial charge >= 0.3 is 0 Å². The van der Waals surface area contributed by atoms with E-state index in [1.54, 1.807) is 0 Å². The van der Waals surface area contributed by atoms with Gasteiger partial charge < -0.3 is 5.32 Å². The lowest BCUT2D eigenvalue weighted by atomic mass is 10.3. The molecule has 1 atom stereocenters. The zero-order valence-electron chi connectivity index (χ0n) is 5.76. The Morgan fingerprint density at radius 1 is 1.58 bits per heavy atom. The fourth-order valence-electron chi connectivity index (χ4n) is 0.898. The first-order valence-electron chi connectivity index (χ1n) is 3.13. The highest BCUT2D eigenvalue weighted by Crippen LogP contribution is 2.04. The molecule has 7 nitrogen and oxygen atoms in total. The van der Waals surface area contributed by atoms with Gasteiger partial charge in [-0.15, -0.1) is 4.91 Å². The first-order chi connectivity index (χ1) is 5.81. The molecular weight excluding hydrogens is 162 g/mol. The summed E-state index contributed by atoms with van der Waals surface area (Å²) in [6.45, 7) is 0. The number of rotatable bonds is 1. The molecule has 0 bridgehead atoms. The summed E-state index contributed by atoms with van der Waals surface area (Å²) in [5, 5.41) is 4.78. The highest BCUT2D eigenvalue weighted by atomic mass is 16.3. The predicted octanol–water partition coefficient (Wildman–Crippen LogP) is -0.952. The van der Waals surface area contributed by atoms with Crippen molar-refractivity contribution in [3.05, 3.63) is 4.91 Å². The standard InChI is InChI=1S/C5H3N5O2/c11-4-2-3(7-1-6-2)8-5(9-4)10-12/h1,5H,(H,9,11). The van der Waals surface area contributed by atoms with Gasteiger partial charge in [0.25, 0.3) is 12.2 Å². The van der Waals surface area contributed by atoms with Crippen molar-refractivity contribution < 1.29 is 4.79 Å². The molecule has 60 valence electrons. The van der Waals surface area contributed by atoms with E-state index >= 15 is 0 Å². The molecule has 0 aromatic heterocycles. The van der Waals surface area contributed by atoms with E-state index in [4.69, 9.17) is 0 Å². The van der Waals surface area contributed by atoms with Gasteiger partial charge in [-0.3, -0.25) is 4.79 Å². The first-order valence-corrected chi connectivity index (χ1v) is 3.13. The van der Waals surface area contributed by atoms with Crippen molar-refractivity contribution in [1.29, 1.82) is 0 Å². The van der Waals surface area contributed by atoms with E-state index in [-0.39, 0.29) is 11.5 Å². The lowest BCUT2D eigenvalue weighted by Crippen LogP contribution is -2.44. The molecule has 1 amide bonds. The molecule has 7 heteroatoms. The number of carbonyl (C=O) groups is 1. The molecule has 2 heterocycles. The number of carbonyl (C=O) groups excluding carboxylic acids is 1. The topological polar surface area (TPSA) is 95.6 Å². The first kappa shape index (κ1) is 6.77. The minimum atomic E-state index is -1.07. The van der Waals surface area contributed by atoms with Gasteiger partial charge in [-0.25, -0.2) is 15.0 Å². The Bertz CT molecular complexity index is 342. The summed E-state index contributed by atoms with van der Waals surface area (Å²) < 4.78 is 0. The van der Waals surface area contributed by atoms with E-state index in [1.807, 2.05) is 0 Å². The maximum Gasteiger partial charge on any atom is 0.277 e. The van der Waals surface area contributed by atoms with Gasteiger partial charge in [0.05, 0.1) is 0 Å². The molecule has 0 aromatic rings. The van der Waals surface area contributed by atoms with Crippen LogP contribution in [0.5, 0.6) is 0 Å². The van der Waals surface area contributed by atoms with Crippen LogP contribution in [-0.4, -0.2) is 30.1 Å². The summed E-state index contributed by atoms with van der Waals surface area (Å²) in [6, 6.07) is 0. The van der Waals surface area contributed by atoms with Crippen LogP contribution in [-0.2, 0) is 4.79 Å². The van der Waals surface area contributed by atoms with Crippen molar-refractivity contribution in [3.8, 4) is 0 Å². The minimum absolute atomic E-state index is 0.134. The molecule has 0 radical (unpaired) electrons. The number of hydrogen-bond donors (Lipinski definition) is 1. The van der Waals surface area contributed by atoms with Crippen LogP contribution in [0.1, 0.15) is 0 Å². The molecule has 0 saturated heterocycles. The fraction of sp³-hybridized carbons (Fsp3) is 0.200. The van der Waals surface area contributed by atoms with Gasteiger partial charge in [-0.1, -0.05) is 0 Å². The Morgan fingerprint density at radius 3 is 3.17 bits per heavy atom. The Hall–Kier alpha value is -1.92. The number of aliphatic imine (C=N–C) groups is 3. The van der Waals surface area contributed by atoms with Crippen LogP contribution in [0.4, 0.5) is 0 Å². The fourth-order valence-corrected chi connectivity index (χ4v) is 0.898. The van der Waals surface area contributed by atoms with E-state index in [2.05, 4.69) is 25.5 Å². The average Bonchev–Trinajstić information content (AvgIpc) is 2.52. The number of nitroso groups, excluding NO2 is 1. The SMILES string of the molecule is O=NC1N=C2N=CN=C2C(=O)N1. The summed E-state index contributed by atoms with van der Waals surface area (Å²) in [5.74, 6) is -0.301. The molecule has 0 spiro atoms. The quantitative estimate of drug-likeness (QED) is 0.507. The zero-order valence-corrected chi connectivity index (χ0v) is 5.76. The average molecular weight is 165 g/mol. The van der Waals surface area contributed by atoms with Gasteiger partial charge in [0.2, 0.25) is 0 Å². The van der Waals surface area contributed by atoms with E-state index in [9.17, 15) is 9.70 Å². The number of nitrogens with zero attached hydrogens (tertiary/aromatic N) is 4. The second-order valence-corrected chi connectivity index (χ2v) is 2.13. The highest BCUT2D eigenvalue weighted by molar-refractivity contribution is 6.69. The summed E-state index contributed by atoms with van der Waals surface area (Å²) in [7, 11) is 0. The third-order valence-corrected chi connectivity index (χ3v) is 1.40. The van der Waals surface area contributed by atoms with Crippen LogP contribution in [0.3, 0.4) is 0 Å². The van der Waals surface area contributed by atoms with Crippen LogP contribution in [0, 0.1) is 4.91 Å². The maximum absolute atomic E-state index is 11.0. The van der Waals surface area contributed by atoms with Crippen LogP contribution >= 0.6 is 0 Å². The van der Waals surface area contributed by atoms with Crippen LogP contribution < -0.4 is 5.32 Å². The molecule has 0 aliphatic carbocycles. The molecular formula is C5H3N5O2. The number of amidine groups is 1. The van der Waals surface area contributed by atoms with Gasteiger partial charge in [0.1, 0.15) is 6.34 Å². The molecule has 0 fully saturated rings. The van der Waals surface area contributed by atoms with Crippen molar-refractivity contribution in [2.75, 3.05) is 0 Å². The third kappa shape index (κ3) is 0.831. The van der Waals surface area contributed by atoms with Gasteiger partial charge in [-0.2, -0.15) is 0 Å². The van der Waals surface area contributed by atoms with Crippen LogP contribution in [0.2, 0.25) is 0 Å². The van der Waals surface area contributed by atoms with E-state index in [0.717, 1.165) is 0 Å². The van der Waals surface area contributed by atoms with Gasteiger partial charge in [0, 0.05) is 0 Å². The van der Waals surface area contributed by atoms with Gasteiger partial charge in [-0.05, 0) is 5.18 Å². The van der Waals surface area contributed by atoms with Crippen LogP contribution in [0.15, 0.2) is 20.2 Å². The van der Waals surface area contributed by atoms with E-state index < -0.39 is 12.2 Å². The summed E-state index contributed by atoms with van der Waals surface area (Å²) >= 11 is 0. The number of fused-ring (bicyclic) bond motifs is 1. The second kappa shape index (κ2) is 2.29. The highest BCUT2D eigenvalue weighted by Gasteiger charge is 2.29. The Morgan fingerprint density at radius 2 is 2.42 bits per heavy atom. The van der Waals surface area contributed by atoms with Crippen molar-refractivity contribution >= 4 is 23.8 Å². The van der Waals surface area contributed by atoms with Crippen molar-refractivity contribution in [2.45, 2.75) is 6.29 Å². The number of nitrogens with one attached hydrogen (secondary N) is 1. The molecule has 0 aromatic carbocycles. The molecule has 2 rings (SSSR count). The Balaban J connectivity index is 2.41. The van der Waals surface area contributed by atoms with Crippen molar-refractivity contribution in [3.63, 3.8) is 0 Å². The molecule has 1 N–H and O–H groups in total. The molecule has 1 unspecified atom stereocenters. The van der Waals surface area contributed by atoms with Crippen molar-refractivity contribution in [2.24, 2.45) is 20.2 Å². The third-order valence-electron chi connectivity index (χ3n) is 1.40. The smallest absolute Gasteiger partial charge is 0.277 e. The normalized spacial score (nSPS) is 25.7. The van der Waals surface area contributed by atoms with E-state index in [1.165, 1.54) is 6.34 Å². The Labute approximate surface area is 66.3 Å². The molecule has 0 saturated carbocycles. The number of amides is 1.